The first-order valence-corrected chi connectivity index (χ1v) is 4.16. The molecule has 0 aliphatic rings. The molecule has 0 spiro atoms. The van der Waals surface area contributed by atoms with Gasteiger partial charge >= 0.3 is 0 Å². The summed E-state index contributed by atoms with van der Waals surface area (Å²) in [4.78, 5) is 0. The molecule has 0 rings (SSSR count). The van der Waals surface area contributed by atoms with Crippen LogP contribution in [0.2, 0.25) is 0 Å². The monoisotopic (exact) mass is 180 g/mol. The highest BCUT2D eigenvalue weighted by Crippen LogP contribution is 2.30. The number of halogens is 2. The Morgan fingerprint density at radius 3 is 1.92 bits per heavy atom. The van der Waals surface area contributed by atoms with Crippen LogP contribution in [0, 0.1) is 5.41 Å². The SMILES string of the molecule is C=C(C)C(C)(C)CCCC.F.F. The van der Waals surface area contributed by atoms with Gasteiger partial charge in [0, 0.05) is 0 Å². The predicted octanol–water partition coefficient (Wildman–Crippen LogP) is 4.08. The minimum Gasteiger partial charge on any atom is -0.269 e. The number of allylic oxidation sites excluding steroid dienone is 1. The third kappa shape index (κ3) is 6.32. The third-order valence-electron chi connectivity index (χ3n) is 2.31. The molecule has 0 heterocycles. The van der Waals surface area contributed by atoms with Crippen molar-refractivity contribution in [2.75, 3.05) is 0 Å². The summed E-state index contributed by atoms with van der Waals surface area (Å²) in [6.07, 6.45) is 3.88. The van der Waals surface area contributed by atoms with E-state index in [4.69, 9.17) is 0 Å². The van der Waals surface area contributed by atoms with Gasteiger partial charge in [-0.3, -0.25) is 9.41 Å². The first-order chi connectivity index (χ1) is 4.50. The van der Waals surface area contributed by atoms with Crippen molar-refractivity contribution in [2.45, 2.75) is 47.0 Å². The van der Waals surface area contributed by atoms with Gasteiger partial charge < -0.3 is 0 Å². The van der Waals surface area contributed by atoms with Crippen LogP contribution >= 0.6 is 0 Å². The zero-order valence-corrected chi connectivity index (χ0v) is 8.64. The van der Waals surface area contributed by atoms with Crippen molar-refractivity contribution < 1.29 is 9.41 Å². The summed E-state index contributed by atoms with van der Waals surface area (Å²) in [5.74, 6) is 0. The van der Waals surface area contributed by atoms with Crippen LogP contribution < -0.4 is 0 Å². The van der Waals surface area contributed by atoms with E-state index in [9.17, 15) is 0 Å². The lowest BCUT2D eigenvalue weighted by Crippen LogP contribution is -2.11. The summed E-state index contributed by atoms with van der Waals surface area (Å²) < 4.78 is 0. The Balaban J connectivity index is -0.000000405. The molecule has 0 unspecified atom stereocenters. The third-order valence-corrected chi connectivity index (χ3v) is 2.31. The second-order valence-electron chi connectivity index (χ2n) is 3.77. The molecule has 0 nitrogen and oxygen atoms in total. The van der Waals surface area contributed by atoms with Crippen LogP contribution in [0.5, 0.6) is 0 Å². The molecule has 0 fully saturated rings. The Kier molecular flexibility index (Phi) is 10.7. The molecule has 0 saturated carbocycles. The van der Waals surface area contributed by atoms with Crippen LogP contribution in [-0.2, 0) is 0 Å². The number of rotatable bonds is 4. The quantitative estimate of drug-likeness (QED) is 0.572. The lowest BCUT2D eigenvalue weighted by atomic mass is 9.81. The van der Waals surface area contributed by atoms with Gasteiger partial charge in [0.2, 0.25) is 0 Å². The molecule has 0 aromatic heterocycles. The average Bonchev–Trinajstić information content (AvgIpc) is 1.84. The van der Waals surface area contributed by atoms with Crippen LogP contribution in [0.15, 0.2) is 12.2 Å². The second kappa shape index (κ2) is 7.26. The van der Waals surface area contributed by atoms with Gasteiger partial charge in [-0.1, -0.05) is 45.8 Å². The Morgan fingerprint density at radius 2 is 1.67 bits per heavy atom. The summed E-state index contributed by atoms with van der Waals surface area (Å²) in [5.41, 5.74) is 1.66. The van der Waals surface area contributed by atoms with E-state index >= 15 is 0 Å². The molecule has 0 N–H and O–H groups in total. The van der Waals surface area contributed by atoms with Crippen molar-refractivity contribution in [1.29, 1.82) is 0 Å². The molecule has 76 valence electrons. The van der Waals surface area contributed by atoms with Crippen LogP contribution in [0.1, 0.15) is 47.0 Å². The predicted molar refractivity (Wildman–Crippen MR) is 53.1 cm³/mol. The molecule has 0 aromatic carbocycles. The smallest absolute Gasteiger partial charge is 0.0150 e. The van der Waals surface area contributed by atoms with E-state index in [0.29, 0.717) is 5.41 Å². The second-order valence-corrected chi connectivity index (χ2v) is 3.77. The molecule has 0 amide bonds. The molecule has 12 heavy (non-hydrogen) atoms. The zero-order valence-electron chi connectivity index (χ0n) is 8.64. The molecule has 0 aromatic rings. The standard InChI is InChI=1S/C10H20.2FH/c1-6-7-8-10(4,5)9(2)3;;/h2,6-8H2,1,3-5H3;2*1H. The van der Waals surface area contributed by atoms with Gasteiger partial charge in [0.05, 0.1) is 0 Å². The largest absolute Gasteiger partial charge is 0.269 e. The fourth-order valence-corrected chi connectivity index (χ4v) is 0.832. The molecule has 0 atom stereocenters. The molecular formula is C10H22F2. The maximum absolute atomic E-state index is 3.98. The summed E-state index contributed by atoms with van der Waals surface area (Å²) in [5, 5.41) is 0. The van der Waals surface area contributed by atoms with Gasteiger partial charge in [-0.25, -0.2) is 0 Å². The molecule has 0 bridgehead atoms. The van der Waals surface area contributed by atoms with Gasteiger partial charge in [0.15, 0.2) is 0 Å². The van der Waals surface area contributed by atoms with E-state index in [-0.39, 0.29) is 9.41 Å². The minimum absolute atomic E-state index is 0. The lowest BCUT2D eigenvalue weighted by Gasteiger charge is -2.24. The van der Waals surface area contributed by atoms with Crippen molar-refractivity contribution >= 4 is 0 Å². The van der Waals surface area contributed by atoms with E-state index in [1.54, 1.807) is 0 Å². The van der Waals surface area contributed by atoms with Gasteiger partial charge in [-0.2, -0.15) is 0 Å². The first-order valence-electron chi connectivity index (χ1n) is 4.16. The molecule has 2 heteroatoms. The fraction of sp³-hybridized carbons (Fsp3) is 0.800. The van der Waals surface area contributed by atoms with Crippen molar-refractivity contribution in [3.8, 4) is 0 Å². The highest BCUT2D eigenvalue weighted by Gasteiger charge is 2.16. The van der Waals surface area contributed by atoms with Crippen molar-refractivity contribution in [3.63, 3.8) is 0 Å². The maximum Gasteiger partial charge on any atom is -0.0150 e. The van der Waals surface area contributed by atoms with Gasteiger partial charge in [-0.15, -0.1) is 0 Å². The van der Waals surface area contributed by atoms with Gasteiger partial charge in [0.25, 0.3) is 0 Å². The topological polar surface area (TPSA) is 0 Å². The number of unbranched alkanes of at least 4 members (excludes halogenated alkanes) is 1. The molecule has 0 saturated heterocycles. The zero-order chi connectivity index (χ0) is 8.20. The molecule has 0 radical (unpaired) electrons. The van der Waals surface area contributed by atoms with E-state index in [1.807, 2.05) is 0 Å². The van der Waals surface area contributed by atoms with Gasteiger partial charge in [-0.05, 0) is 18.8 Å². The van der Waals surface area contributed by atoms with Crippen molar-refractivity contribution in [3.05, 3.63) is 12.2 Å². The van der Waals surface area contributed by atoms with E-state index < -0.39 is 0 Å². The summed E-state index contributed by atoms with van der Waals surface area (Å²) in [6.45, 7) is 12.9. The normalized spacial score (nSPS) is 9.67. The molecule has 0 aliphatic heterocycles. The maximum atomic E-state index is 3.98. The summed E-state index contributed by atoms with van der Waals surface area (Å²) in [7, 11) is 0. The highest BCUT2D eigenvalue weighted by molar-refractivity contribution is 5.02. The minimum atomic E-state index is 0. The first kappa shape index (κ1) is 17.6. The average molecular weight is 180 g/mol. The van der Waals surface area contributed by atoms with E-state index in [1.165, 1.54) is 24.8 Å². The Hall–Kier alpha value is -0.400. The lowest BCUT2D eigenvalue weighted by molar-refractivity contribution is 0.393. The van der Waals surface area contributed by atoms with Crippen molar-refractivity contribution in [1.82, 2.24) is 0 Å². The molecule has 0 aliphatic carbocycles. The fourth-order valence-electron chi connectivity index (χ4n) is 0.832. The summed E-state index contributed by atoms with van der Waals surface area (Å²) >= 11 is 0. The van der Waals surface area contributed by atoms with Crippen LogP contribution in [0.4, 0.5) is 9.41 Å². The van der Waals surface area contributed by atoms with Crippen molar-refractivity contribution in [2.24, 2.45) is 5.41 Å². The van der Waals surface area contributed by atoms with E-state index in [0.717, 1.165) is 0 Å². The molecular weight excluding hydrogens is 158 g/mol. The van der Waals surface area contributed by atoms with Crippen LogP contribution in [0.3, 0.4) is 0 Å². The van der Waals surface area contributed by atoms with Crippen LogP contribution in [0.25, 0.3) is 0 Å². The Morgan fingerprint density at radius 1 is 1.25 bits per heavy atom. The number of hydrogen-bond donors (Lipinski definition) is 0. The Bertz CT molecular complexity index is 117. The van der Waals surface area contributed by atoms with Crippen LogP contribution in [-0.4, -0.2) is 0 Å². The Labute approximate surface area is 74.8 Å². The summed E-state index contributed by atoms with van der Waals surface area (Å²) in [6, 6.07) is 0. The highest BCUT2D eigenvalue weighted by atomic mass is 19.0. The number of hydrogen-bond acceptors (Lipinski definition) is 0. The van der Waals surface area contributed by atoms with Gasteiger partial charge in [0.1, 0.15) is 0 Å². The van der Waals surface area contributed by atoms with E-state index in [2.05, 4.69) is 34.3 Å².